The Morgan fingerprint density at radius 3 is 2.58 bits per heavy atom. The van der Waals surface area contributed by atoms with E-state index in [4.69, 9.17) is 15.2 Å². The van der Waals surface area contributed by atoms with Crippen molar-refractivity contribution in [3.05, 3.63) is 90.8 Å². The maximum Gasteiger partial charge on any atom is 0.269 e. The standard InChI is InChI=1S/C28H29BrN4O5/c1-28(2)13-22-26(23(34)14-28)25(21(15-30)27(31)32(22)10-11-37-3)20-12-18(29)6-9-24(20)38-16-17-4-7-19(8-5-17)33(35)36/h4-9,12,25H,10-11,13-14,16,31H2,1-3H3/t25-/m0/s1. The summed E-state index contributed by atoms with van der Waals surface area (Å²) in [6.07, 6.45) is 0.979. The molecule has 1 atom stereocenters. The van der Waals surface area contributed by atoms with Crippen molar-refractivity contribution in [3.8, 4) is 11.8 Å². The fourth-order valence-electron chi connectivity index (χ4n) is 5.08. The van der Waals surface area contributed by atoms with Crippen LogP contribution in [0.5, 0.6) is 5.75 Å². The molecule has 2 aromatic rings. The molecule has 0 fully saturated rings. The molecule has 2 aliphatic rings. The molecule has 1 heterocycles. The average molecular weight is 581 g/mol. The fourth-order valence-corrected chi connectivity index (χ4v) is 5.45. The van der Waals surface area contributed by atoms with Crippen LogP contribution in [0.25, 0.3) is 0 Å². The fraction of sp³-hybridized carbons (Fsp3) is 0.357. The van der Waals surface area contributed by atoms with Crippen molar-refractivity contribution in [2.45, 2.75) is 39.2 Å². The monoisotopic (exact) mass is 580 g/mol. The summed E-state index contributed by atoms with van der Waals surface area (Å²) in [5, 5.41) is 21.2. The molecule has 0 bridgehead atoms. The molecule has 4 rings (SSSR count). The van der Waals surface area contributed by atoms with E-state index in [9.17, 15) is 20.2 Å². The molecule has 0 aromatic heterocycles. The van der Waals surface area contributed by atoms with Gasteiger partial charge in [-0.1, -0.05) is 29.8 Å². The lowest BCUT2D eigenvalue weighted by molar-refractivity contribution is -0.384. The van der Waals surface area contributed by atoms with Crippen molar-refractivity contribution < 1.29 is 19.2 Å². The minimum atomic E-state index is -0.693. The largest absolute Gasteiger partial charge is 0.489 e. The lowest BCUT2D eigenvalue weighted by Gasteiger charge is -2.44. The van der Waals surface area contributed by atoms with Gasteiger partial charge in [-0.25, -0.2) is 0 Å². The third-order valence-corrected chi connectivity index (χ3v) is 7.32. The van der Waals surface area contributed by atoms with Crippen LogP contribution in [0.3, 0.4) is 0 Å². The third-order valence-electron chi connectivity index (χ3n) is 6.83. The van der Waals surface area contributed by atoms with Crippen LogP contribution in [-0.4, -0.2) is 35.9 Å². The Hall–Kier alpha value is -3.68. The summed E-state index contributed by atoms with van der Waals surface area (Å²) in [5.74, 6) is 0.0824. The number of methoxy groups -OCH3 is 1. The topological polar surface area (TPSA) is 132 Å². The van der Waals surface area contributed by atoms with Gasteiger partial charge in [-0.2, -0.15) is 5.26 Å². The summed E-state index contributed by atoms with van der Waals surface area (Å²) in [6.45, 7) is 5.05. The normalized spacial score (nSPS) is 18.8. The van der Waals surface area contributed by atoms with Gasteiger partial charge in [-0.15, -0.1) is 0 Å². The summed E-state index contributed by atoms with van der Waals surface area (Å²) in [4.78, 5) is 26.1. The number of halogens is 1. The minimum absolute atomic E-state index is 0.00390. The van der Waals surface area contributed by atoms with Gasteiger partial charge in [0, 0.05) is 53.5 Å². The lowest BCUT2D eigenvalue weighted by Crippen LogP contribution is -2.43. The van der Waals surface area contributed by atoms with Crippen LogP contribution in [0.15, 0.2) is 69.6 Å². The van der Waals surface area contributed by atoms with Crippen LogP contribution in [-0.2, 0) is 16.1 Å². The molecule has 0 amide bonds. The van der Waals surface area contributed by atoms with Gasteiger partial charge in [0.2, 0.25) is 0 Å². The lowest BCUT2D eigenvalue weighted by atomic mass is 9.68. The van der Waals surface area contributed by atoms with Crippen LogP contribution in [0, 0.1) is 26.9 Å². The molecular formula is C28H29BrN4O5. The number of ketones is 1. The van der Waals surface area contributed by atoms with Gasteiger partial charge in [0.05, 0.1) is 29.1 Å². The number of ether oxygens (including phenoxy) is 2. The summed E-state index contributed by atoms with van der Waals surface area (Å²) >= 11 is 3.53. The number of benzene rings is 2. The van der Waals surface area contributed by atoms with E-state index in [-0.39, 0.29) is 29.1 Å². The van der Waals surface area contributed by atoms with Crippen molar-refractivity contribution in [2.24, 2.45) is 11.1 Å². The molecular weight excluding hydrogens is 552 g/mol. The highest BCUT2D eigenvalue weighted by Crippen LogP contribution is 2.50. The first-order valence-electron chi connectivity index (χ1n) is 12.1. The first-order valence-corrected chi connectivity index (χ1v) is 12.9. The van der Waals surface area contributed by atoms with Gasteiger partial charge in [-0.3, -0.25) is 14.9 Å². The predicted octanol–water partition coefficient (Wildman–Crippen LogP) is 5.32. The molecule has 198 valence electrons. The van der Waals surface area contributed by atoms with E-state index >= 15 is 0 Å². The summed E-state index contributed by atoms with van der Waals surface area (Å²) < 4.78 is 12.2. The Labute approximate surface area is 229 Å². The number of nitro groups is 1. The zero-order chi connectivity index (χ0) is 27.6. The highest BCUT2D eigenvalue weighted by molar-refractivity contribution is 9.10. The second-order valence-corrected chi connectivity index (χ2v) is 11.1. The molecule has 0 radical (unpaired) electrons. The summed E-state index contributed by atoms with van der Waals surface area (Å²) in [7, 11) is 1.60. The molecule has 1 aliphatic heterocycles. The molecule has 38 heavy (non-hydrogen) atoms. The number of carbonyl (C=O) groups excluding carboxylic acids is 1. The number of nitriles is 1. The number of carbonyl (C=O) groups is 1. The van der Waals surface area contributed by atoms with E-state index in [2.05, 4.69) is 35.8 Å². The molecule has 0 saturated heterocycles. The quantitative estimate of drug-likeness (QED) is 0.327. The van der Waals surface area contributed by atoms with E-state index < -0.39 is 10.8 Å². The van der Waals surface area contributed by atoms with Gasteiger partial charge in [-0.05, 0) is 47.7 Å². The predicted molar refractivity (Wildman–Crippen MR) is 145 cm³/mol. The zero-order valence-corrected chi connectivity index (χ0v) is 23.1. The Balaban J connectivity index is 1.80. The molecule has 2 N–H and O–H groups in total. The van der Waals surface area contributed by atoms with E-state index in [1.54, 1.807) is 25.3 Å². The molecule has 1 aliphatic carbocycles. The second kappa shape index (κ2) is 11.0. The third kappa shape index (κ3) is 5.44. The number of nitrogens with zero attached hydrogens (tertiary/aromatic N) is 3. The Morgan fingerprint density at radius 2 is 1.95 bits per heavy atom. The molecule has 9 nitrogen and oxygen atoms in total. The number of allylic oxidation sites excluding steroid dienone is 3. The van der Waals surface area contributed by atoms with Crippen molar-refractivity contribution in [1.29, 1.82) is 5.26 Å². The first-order chi connectivity index (χ1) is 18.1. The van der Waals surface area contributed by atoms with Gasteiger partial charge >= 0.3 is 0 Å². The zero-order valence-electron chi connectivity index (χ0n) is 21.5. The number of nitro benzene ring substituents is 1. The van der Waals surface area contributed by atoms with Crippen LogP contribution in [0.1, 0.15) is 43.7 Å². The van der Waals surface area contributed by atoms with Gasteiger partial charge in [0.25, 0.3) is 5.69 Å². The number of non-ortho nitro benzene ring substituents is 1. The molecule has 2 aromatic carbocycles. The van der Waals surface area contributed by atoms with Crippen molar-refractivity contribution in [3.63, 3.8) is 0 Å². The van der Waals surface area contributed by atoms with Crippen LogP contribution >= 0.6 is 15.9 Å². The number of hydrogen-bond acceptors (Lipinski definition) is 8. The van der Waals surface area contributed by atoms with Gasteiger partial charge in [0.1, 0.15) is 18.2 Å². The number of nitrogens with two attached hydrogens (primary N) is 1. The SMILES string of the molecule is COCCN1C(N)=C(C#N)[C@H](c2cc(Br)ccc2OCc2ccc([N+](=O)[O-])cc2)C2=C1CC(C)(C)CC2=O. The smallest absolute Gasteiger partial charge is 0.269 e. The highest BCUT2D eigenvalue weighted by Gasteiger charge is 2.45. The first kappa shape index (κ1) is 27.4. The highest BCUT2D eigenvalue weighted by atomic mass is 79.9. The molecule has 0 spiro atoms. The van der Waals surface area contributed by atoms with E-state index in [1.165, 1.54) is 12.1 Å². The molecule has 0 saturated carbocycles. The van der Waals surface area contributed by atoms with E-state index in [1.807, 2.05) is 17.0 Å². The second-order valence-electron chi connectivity index (χ2n) is 10.2. The van der Waals surface area contributed by atoms with Crippen LogP contribution in [0.4, 0.5) is 5.69 Å². The number of rotatable bonds is 8. The average Bonchev–Trinajstić information content (AvgIpc) is 2.86. The van der Waals surface area contributed by atoms with Crippen LogP contribution < -0.4 is 10.5 Å². The summed E-state index contributed by atoms with van der Waals surface area (Å²) in [5.41, 5.74) is 9.39. The maximum absolute atomic E-state index is 13.7. The van der Waals surface area contributed by atoms with E-state index in [0.29, 0.717) is 48.7 Å². The van der Waals surface area contributed by atoms with Gasteiger partial charge in [0.15, 0.2) is 5.78 Å². The Bertz CT molecular complexity index is 1370. The Morgan fingerprint density at radius 1 is 1.24 bits per heavy atom. The van der Waals surface area contributed by atoms with Gasteiger partial charge < -0.3 is 20.1 Å². The van der Waals surface area contributed by atoms with Crippen molar-refractivity contribution in [1.82, 2.24) is 4.90 Å². The Kier molecular flexibility index (Phi) is 7.90. The number of Topliss-reactive ketones (excluding diaryl/α,β-unsaturated/α-hetero) is 1. The molecule has 0 unspecified atom stereocenters. The number of hydrogen-bond donors (Lipinski definition) is 1. The summed E-state index contributed by atoms with van der Waals surface area (Å²) in [6, 6.07) is 13.8. The van der Waals surface area contributed by atoms with Crippen LogP contribution in [0.2, 0.25) is 0 Å². The maximum atomic E-state index is 13.7. The van der Waals surface area contributed by atoms with Crippen molar-refractivity contribution >= 4 is 27.4 Å². The minimum Gasteiger partial charge on any atom is -0.489 e. The van der Waals surface area contributed by atoms with E-state index in [0.717, 1.165) is 15.7 Å². The van der Waals surface area contributed by atoms with Crippen molar-refractivity contribution in [2.75, 3.05) is 20.3 Å². The molecule has 10 heteroatoms.